The lowest BCUT2D eigenvalue weighted by atomic mass is 10.3. The smallest absolute Gasteiger partial charge is 0.252 e. The predicted molar refractivity (Wildman–Crippen MR) is 89.0 cm³/mol. The Morgan fingerprint density at radius 1 is 1.33 bits per heavy atom. The van der Waals surface area contributed by atoms with Crippen LogP contribution in [-0.2, 0) is 14.8 Å². The molecule has 0 bridgehead atoms. The highest BCUT2D eigenvalue weighted by molar-refractivity contribution is 7.91. The Morgan fingerprint density at radius 2 is 2.12 bits per heavy atom. The van der Waals surface area contributed by atoms with Crippen molar-refractivity contribution in [3.05, 3.63) is 47.6 Å². The molecule has 1 aromatic carbocycles. The number of sulfonamides is 1. The van der Waals surface area contributed by atoms with Crippen LogP contribution in [0.2, 0.25) is 0 Å². The van der Waals surface area contributed by atoms with Crippen LogP contribution in [0.15, 0.2) is 46.0 Å². The maximum atomic E-state index is 13.0. The fourth-order valence-corrected chi connectivity index (χ4v) is 4.15. The second-order valence-electron chi connectivity index (χ2n) is 4.85. The van der Waals surface area contributed by atoms with Crippen LogP contribution in [0.1, 0.15) is 0 Å². The number of carbonyl (C=O) groups is 1. The van der Waals surface area contributed by atoms with Crippen molar-refractivity contribution in [2.24, 2.45) is 0 Å². The molecule has 0 unspecified atom stereocenters. The molecule has 24 heavy (non-hydrogen) atoms. The molecule has 1 amide bonds. The minimum atomic E-state index is -3.65. The minimum absolute atomic E-state index is 0.149. The largest absolute Gasteiger partial charge is 0.492 e. The van der Waals surface area contributed by atoms with E-state index in [1.807, 2.05) is 0 Å². The van der Waals surface area contributed by atoms with Gasteiger partial charge in [-0.05, 0) is 23.6 Å². The molecule has 0 saturated carbocycles. The highest BCUT2D eigenvalue weighted by Gasteiger charge is 2.23. The molecule has 0 fully saturated rings. The first-order valence-corrected chi connectivity index (χ1v) is 9.36. The van der Waals surface area contributed by atoms with E-state index in [0.29, 0.717) is 5.75 Å². The number of nitrogens with one attached hydrogen (secondary N) is 1. The number of ether oxygens (including phenoxy) is 1. The maximum Gasteiger partial charge on any atom is 0.252 e. The van der Waals surface area contributed by atoms with Gasteiger partial charge >= 0.3 is 0 Å². The number of benzene rings is 1. The number of nitrogens with zero attached hydrogens (tertiary/aromatic N) is 1. The SMILES string of the molecule is CN(CC(=O)NCCOc1cccc(F)c1)S(=O)(=O)c1cccs1. The average Bonchev–Trinajstić information content (AvgIpc) is 3.07. The fourth-order valence-electron chi connectivity index (χ4n) is 1.82. The molecule has 1 aromatic heterocycles. The van der Waals surface area contributed by atoms with Gasteiger partial charge in [0.25, 0.3) is 10.0 Å². The van der Waals surface area contributed by atoms with Crippen LogP contribution in [0.5, 0.6) is 5.75 Å². The summed E-state index contributed by atoms with van der Waals surface area (Å²) < 4.78 is 43.8. The van der Waals surface area contributed by atoms with Gasteiger partial charge in [-0.2, -0.15) is 4.31 Å². The van der Waals surface area contributed by atoms with Crippen molar-refractivity contribution in [3.8, 4) is 5.75 Å². The molecular weight excluding hydrogens is 355 g/mol. The lowest BCUT2D eigenvalue weighted by molar-refractivity contribution is -0.121. The molecule has 0 aliphatic rings. The van der Waals surface area contributed by atoms with E-state index in [9.17, 15) is 17.6 Å². The zero-order chi connectivity index (χ0) is 17.6. The molecule has 1 N–H and O–H groups in total. The van der Waals surface area contributed by atoms with Crippen molar-refractivity contribution < 1.29 is 22.3 Å². The van der Waals surface area contributed by atoms with E-state index in [1.54, 1.807) is 17.5 Å². The summed E-state index contributed by atoms with van der Waals surface area (Å²) in [5.41, 5.74) is 0. The van der Waals surface area contributed by atoms with Crippen LogP contribution >= 0.6 is 11.3 Å². The Balaban J connectivity index is 1.75. The molecule has 2 aromatic rings. The van der Waals surface area contributed by atoms with Crippen molar-refractivity contribution in [2.45, 2.75) is 4.21 Å². The normalized spacial score (nSPS) is 11.5. The van der Waals surface area contributed by atoms with E-state index < -0.39 is 21.7 Å². The first-order valence-electron chi connectivity index (χ1n) is 7.04. The van der Waals surface area contributed by atoms with Crippen LogP contribution in [0.25, 0.3) is 0 Å². The Hall–Kier alpha value is -1.97. The van der Waals surface area contributed by atoms with Crippen LogP contribution in [0.3, 0.4) is 0 Å². The molecule has 2 rings (SSSR count). The predicted octanol–water partition coefficient (Wildman–Crippen LogP) is 1.70. The number of carbonyl (C=O) groups excluding carboxylic acids is 1. The molecule has 6 nitrogen and oxygen atoms in total. The van der Waals surface area contributed by atoms with Crippen molar-refractivity contribution >= 4 is 27.3 Å². The van der Waals surface area contributed by atoms with E-state index in [1.165, 1.54) is 31.3 Å². The number of hydrogen-bond donors (Lipinski definition) is 1. The Kier molecular flexibility index (Phi) is 6.29. The molecule has 1 heterocycles. The summed E-state index contributed by atoms with van der Waals surface area (Å²) >= 11 is 1.09. The second kappa shape index (κ2) is 8.22. The van der Waals surface area contributed by atoms with Crippen molar-refractivity contribution in [1.29, 1.82) is 0 Å². The van der Waals surface area contributed by atoms with E-state index in [2.05, 4.69) is 5.32 Å². The fraction of sp³-hybridized carbons (Fsp3) is 0.267. The van der Waals surface area contributed by atoms with Crippen LogP contribution in [-0.4, -0.2) is 45.4 Å². The number of hydrogen-bond acceptors (Lipinski definition) is 5. The summed E-state index contributed by atoms with van der Waals surface area (Å²) in [7, 11) is -2.31. The summed E-state index contributed by atoms with van der Waals surface area (Å²) in [5.74, 6) is -0.487. The zero-order valence-corrected chi connectivity index (χ0v) is 14.6. The Bertz CT molecular complexity index is 779. The summed E-state index contributed by atoms with van der Waals surface area (Å²) in [5, 5.41) is 4.21. The molecule has 0 aliphatic carbocycles. The third-order valence-corrected chi connectivity index (χ3v) is 6.19. The van der Waals surface area contributed by atoms with Crippen molar-refractivity contribution in [2.75, 3.05) is 26.7 Å². The van der Waals surface area contributed by atoms with Gasteiger partial charge in [-0.15, -0.1) is 11.3 Å². The van der Waals surface area contributed by atoms with Gasteiger partial charge in [-0.25, -0.2) is 12.8 Å². The Morgan fingerprint density at radius 3 is 2.79 bits per heavy atom. The molecule has 9 heteroatoms. The quantitative estimate of drug-likeness (QED) is 0.716. The molecule has 0 radical (unpaired) electrons. The third kappa shape index (κ3) is 5.02. The standard InChI is InChI=1S/C15H17FN2O4S2/c1-18(24(20,21)15-6-3-9-23-15)11-14(19)17-7-8-22-13-5-2-4-12(16)10-13/h2-6,9-10H,7-8,11H2,1H3,(H,17,19). The molecule has 130 valence electrons. The summed E-state index contributed by atoms with van der Waals surface area (Å²) in [6, 6.07) is 8.79. The molecular formula is C15H17FN2O4S2. The van der Waals surface area contributed by atoms with E-state index in [-0.39, 0.29) is 23.9 Å². The van der Waals surface area contributed by atoms with Crippen LogP contribution < -0.4 is 10.1 Å². The number of likely N-dealkylation sites (N-methyl/N-ethyl adjacent to an activating group) is 1. The van der Waals surface area contributed by atoms with Gasteiger partial charge in [0.05, 0.1) is 13.1 Å². The first-order chi connectivity index (χ1) is 11.4. The van der Waals surface area contributed by atoms with Gasteiger partial charge in [0, 0.05) is 13.1 Å². The van der Waals surface area contributed by atoms with Crippen molar-refractivity contribution in [3.63, 3.8) is 0 Å². The highest BCUT2D eigenvalue weighted by atomic mass is 32.2. The van der Waals surface area contributed by atoms with E-state index in [0.717, 1.165) is 15.6 Å². The van der Waals surface area contributed by atoms with Crippen LogP contribution in [0, 0.1) is 5.82 Å². The van der Waals surface area contributed by atoms with Gasteiger partial charge in [-0.1, -0.05) is 12.1 Å². The van der Waals surface area contributed by atoms with Gasteiger partial charge in [0.2, 0.25) is 5.91 Å². The molecule has 0 saturated heterocycles. The summed E-state index contributed by atoms with van der Waals surface area (Å²) in [4.78, 5) is 11.8. The summed E-state index contributed by atoms with van der Waals surface area (Å²) in [6.07, 6.45) is 0. The minimum Gasteiger partial charge on any atom is -0.492 e. The van der Waals surface area contributed by atoms with Gasteiger partial charge in [-0.3, -0.25) is 4.79 Å². The summed E-state index contributed by atoms with van der Waals surface area (Å²) in [6.45, 7) is 0.0407. The number of halogens is 1. The average molecular weight is 372 g/mol. The van der Waals surface area contributed by atoms with Crippen LogP contribution in [0.4, 0.5) is 4.39 Å². The van der Waals surface area contributed by atoms with Gasteiger partial charge in [0.1, 0.15) is 22.4 Å². The lowest BCUT2D eigenvalue weighted by Crippen LogP contribution is -2.39. The number of thiophene rings is 1. The number of rotatable bonds is 8. The zero-order valence-electron chi connectivity index (χ0n) is 12.9. The van der Waals surface area contributed by atoms with Crippen molar-refractivity contribution in [1.82, 2.24) is 9.62 Å². The molecule has 0 spiro atoms. The van der Waals surface area contributed by atoms with E-state index >= 15 is 0 Å². The monoisotopic (exact) mass is 372 g/mol. The van der Waals surface area contributed by atoms with E-state index in [4.69, 9.17) is 4.74 Å². The lowest BCUT2D eigenvalue weighted by Gasteiger charge is -2.15. The molecule has 0 atom stereocenters. The topological polar surface area (TPSA) is 75.7 Å². The molecule has 0 aliphatic heterocycles. The Labute approximate surface area is 143 Å². The first kappa shape index (κ1) is 18.4. The van der Waals surface area contributed by atoms with Gasteiger partial charge < -0.3 is 10.1 Å². The van der Waals surface area contributed by atoms with Gasteiger partial charge in [0.15, 0.2) is 0 Å². The third-order valence-electron chi connectivity index (χ3n) is 3.01. The maximum absolute atomic E-state index is 13.0. The second-order valence-corrected chi connectivity index (χ2v) is 8.07. The highest BCUT2D eigenvalue weighted by Crippen LogP contribution is 2.19. The number of amides is 1.